The molecular weight excluding hydrogens is 326 g/mol. The molecule has 24 heavy (non-hydrogen) atoms. The van der Waals surface area contributed by atoms with Crippen LogP contribution in [0.1, 0.15) is 28.4 Å². The van der Waals surface area contributed by atoms with Crippen molar-refractivity contribution in [3.8, 4) is 0 Å². The minimum Gasteiger partial charge on any atom is -0.449 e. The molecule has 5 heteroatoms. The number of carbonyl (C=O) groups is 2. The van der Waals surface area contributed by atoms with Gasteiger partial charge in [0.15, 0.2) is 6.10 Å². The van der Waals surface area contributed by atoms with Crippen LogP contribution in [0.5, 0.6) is 0 Å². The first-order valence-corrected chi connectivity index (χ1v) is 8.24. The van der Waals surface area contributed by atoms with Crippen molar-refractivity contribution in [3.05, 3.63) is 70.2 Å². The number of hydrogen-bond acceptors (Lipinski definition) is 3. The Labute approximate surface area is 146 Å². The lowest BCUT2D eigenvalue weighted by Gasteiger charge is -2.30. The normalized spacial score (nSPS) is 14.7. The van der Waals surface area contributed by atoms with Gasteiger partial charge in [-0.2, -0.15) is 0 Å². The lowest BCUT2D eigenvalue weighted by molar-refractivity contribution is -0.140. The number of esters is 1. The molecule has 1 aliphatic rings. The molecule has 0 fully saturated rings. The second-order valence-corrected chi connectivity index (χ2v) is 6.27. The molecule has 124 valence electrons. The molecule has 2 aromatic carbocycles. The summed E-state index contributed by atoms with van der Waals surface area (Å²) in [6.07, 6.45) is -0.0154. The molecule has 1 amide bonds. The van der Waals surface area contributed by atoms with Gasteiger partial charge in [-0.25, -0.2) is 4.79 Å². The molecule has 0 aromatic heterocycles. The second-order valence-electron chi connectivity index (χ2n) is 5.84. The van der Waals surface area contributed by atoms with Crippen molar-refractivity contribution in [1.82, 2.24) is 4.90 Å². The van der Waals surface area contributed by atoms with Crippen molar-refractivity contribution in [1.29, 1.82) is 0 Å². The van der Waals surface area contributed by atoms with Gasteiger partial charge in [0.1, 0.15) is 0 Å². The third-order valence-corrected chi connectivity index (χ3v) is 4.37. The van der Waals surface area contributed by atoms with Gasteiger partial charge in [0, 0.05) is 18.1 Å². The third-order valence-electron chi connectivity index (χ3n) is 4.13. The van der Waals surface area contributed by atoms with Gasteiger partial charge in [0.2, 0.25) is 0 Å². The lowest BCUT2D eigenvalue weighted by atomic mass is 9.99. The molecular formula is C19H18ClNO3. The summed E-state index contributed by atoms with van der Waals surface area (Å²) in [5.74, 6) is -0.726. The van der Waals surface area contributed by atoms with E-state index >= 15 is 0 Å². The standard InChI is InChI=1S/C19H18ClNO3/c1-13(24-19(23)15-7-4-8-17(20)11-15)18(22)21-10-9-14-5-2-3-6-16(14)12-21/h2-8,11,13H,9-10,12H2,1H3/t13-/m1/s1. The highest BCUT2D eigenvalue weighted by molar-refractivity contribution is 6.30. The smallest absolute Gasteiger partial charge is 0.338 e. The number of amides is 1. The first-order chi connectivity index (χ1) is 11.5. The summed E-state index contributed by atoms with van der Waals surface area (Å²) in [4.78, 5) is 26.4. The van der Waals surface area contributed by atoms with Crippen LogP contribution in [0.4, 0.5) is 0 Å². The monoisotopic (exact) mass is 343 g/mol. The molecule has 3 rings (SSSR count). The summed E-state index contributed by atoms with van der Waals surface area (Å²) < 4.78 is 5.31. The number of rotatable bonds is 3. The van der Waals surface area contributed by atoms with Gasteiger partial charge in [0.05, 0.1) is 5.56 Å². The highest BCUT2D eigenvalue weighted by Gasteiger charge is 2.27. The summed E-state index contributed by atoms with van der Waals surface area (Å²) in [6, 6.07) is 14.6. The molecule has 0 spiro atoms. The Morgan fingerprint density at radius 3 is 2.62 bits per heavy atom. The number of halogens is 1. The van der Waals surface area contributed by atoms with E-state index < -0.39 is 12.1 Å². The summed E-state index contributed by atoms with van der Waals surface area (Å²) in [6.45, 7) is 2.79. The van der Waals surface area contributed by atoms with Gasteiger partial charge < -0.3 is 9.64 Å². The molecule has 0 saturated heterocycles. The Kier molecular flexibility index (Phi) is 4.86. The SMILES string of the molecule is C[C@@H](OC(=O)c1cccc(Cl)c1)C(=O)N1CCc2ccccc2C1. The van der Waals surface area contributed by atoms with Gasteiger partial charge in [-0.1, -0.05) is 41.9 Å². The Morgan fingerprint density at radius 1 is 1.12 bits per heavy atom. The predicted molar refractivity (Wildman–Crippen MR) is 91.9 cm³/mol. The number of hydrogen-bond donors (Lipinski definition) is 0. The predicted octanol–water partition coefficient (Wildman–Crippen LogP) is 3.47. The number of nitrogens with zero attached hydrogens (tertiary/aromatic N) is 1. The van der Waals surface area contributed by atoms with Crippen molar-refractivity contribution in [2.24, 2.45) is 0 Å². The van der Waals surface area contributed by atoms with Crippen LogP contribution in [0.2, 0.25) is 5.02 Å². The van der Waals surface area contributed by atoms with E-state index in [2.05, 4.69) is 6.07 Å². The third kappa shape index (κ3) is 3.60. The fourth-order valence-corrected chi connectivity index (χ4v) is 3.03. The molecule has 4 nitrogen and oxygen atoms in total. The summed E-state index contributed by atoms with van der Waals surface area (Å²) in [7, 11) is 0. The molecule has 1 atom stereocenters. The van der Waals surface area contributed by atoms with Crippen molar-refractivity contribution in [2.75, 3.05) is 6.54 Å². The van der Waals surface area contributed by atoms with Gasteiger partial charge >= 0.3 is 5.97 Å². The van der Waals surface area contributed by atoms with Crippen LogP contribution in [0, 0.1) is 0 Å². The van der Waals surface area contributed by atoms with E-state index in [1.54, 1.807) is 30.0 Å². The lowest BCUT2D eigenvalue weighted by Crippen LogP contribution is -2.42. The molecule has 0 radical (unpaired) electrons. The van der Waals surface area contributed by atoms with E-state index in [4.69, 9.17) is 16.3 Å². The minimum atomic E-state index is -0.832. The van der Waals surface area contributed by atoms with Crippen molar-refractivity contribution in [3.63, 3.8) is 0 Å². The molecule has 0 bridgehead atoms. The Balaban J connectivity index is 1.64. The van der Waals surface area contributed by atoms with Crippen LogP contribution >= 0.6 is 11.6 Å². The van der Waals surface area contributed by atoms with Gasteiger partial charge in [0.25, 0.3) is 5.91 Å². The zero-order valence-electron chi connectivity index (χ0n) is 13.4. The Morgan fingerprint density at radius 2 is 1.88 bits per heavy atom. The van der Waals surface area contributed by atoms with Crippen LogP contribution < -0.4 is 0 Å². The van der Waals surface area contributed by atoms with Crippen molar-refractivity contribution >= 4 is 23.5 Å². The molecule has 1 heterocycles. The molecule has 0 unspecified atom stereocenters. The average Bonchev–Trinajstić information content (AvgIpc) is 2.60. The first-order valence-electron chi connectivity index (χ1n) is 7.86. The van der Waals surface area contributed by atoms with Gasteiger partial charge in [-0.3, -0.25) is 4.79 Å². The summed E-state index contributed by atoms with van der Waals surface area (Å²) in [5.41, 5.74) is 2.75. The van der Waals surface area contributed by atoms with Gasteiger partial charge in [-0.05, 0) is 42.7 Å². The van der Waals surface area contributed by atoms with Gasteiger partial charge in [-0.15, -0.1) is 0 Å². The van der Waals surface area contributed by atoms with E-state index in [1.807, 2.05) is 18.2 Å². The molecule has 0 N–H and O–H groups in total. The van der Waals surface area contributed by atoms with E-state index in [1.165, 1.54) is 11.6 Å². The molecule has 2 aromatic rings. The highest BCUT2D eigenvalue weighted by Crippen LogP contribution is 2.20. The highest BCUT2D eigenvalue weighted by atomic mass is 35.5. The van der Waals surface area contributed by atoms with E-state index in [0.29, 0.717) is 23.7 Å². The maximum atomic E-state index is 12.6. The average molecular weight is 344 g/mol. The number of fused-ring (bicyclic) bond motifs is 1. The fourth-order valence-electron chi connectivity index (χ4n) is 2.84. The minimum absolute atomic E-state index is 0.181. The van der Waals surface area contributed by atoms with Crippen molar-refractivity contribution in [2.45, 2.75) is 26.0 Å². The van der Waals surface area contributed by atoms with E-state index in [-0.39, 0.29) is 5.91 Å². The van der Waals surface area contributed by atoms with Crippen LogP contribution in [0.3, 0.4) is 0 Å². The fraction of sp³-hybridized carbons (Fsp3) is 0.263. The van der Waals surface area contributed by atoms with Crippen LogP contribution in [-0.4, -0.2) is 29.4 Å². The zero-order valence-corrected chi connectivity index (χ0v) is 14.1. The Bertz CT molecular complexity index is 775. The van der Waals surface area contributed by atoms with E-state index in [0.717, 1.165) is 12.0 Å². The van der Waals surface area contributed by atoms with Crippen LogP contribution in [0.25, 0.3) is 0 Å². The van der Waals surface area contributed by atoms with Crippen LogP contribution in [-0.2, 0) is 22.5 Å². The largest absolute Gasteiger partial charge is 0.449 e. The first kappa shape index (κ1) is 16.5. The summed E-state index contributed by atoms with van der Waals surface area (Å²) >= 11 is 5.87. The number of ether oxygens (including phenoxy) is 1. The van der Waals surface area contributed by atoms with E-state index in [9.17, 15) is 9.59 Å². The summed E-state index contributed by atoms with van der Waals surface area (Å²) in [5, 5.41) is 0.455. The quantitative estimate of drug-likeness (QED) is 0.802. The topological polar surface area (TPSA) is 46.6 Å². The van der Waals surface area contributed by atoms with Crippen LogP contribution in [0.15, 0.2) is 48.5 Å². The maximum Gasteiger partial charge on any atom is 0.338 e. The molecule has 0 saturated carbocycles. The molecule has 1 aliphatic heterocycles. The van der Waals surface area contributed by atoms with Crippen molar-refractivity contribution < 1.29 is 14.3 Å². The number of benzene rings is 2. The zero-order chi connectivity index (χ0) is 17.1. The molecule has 0 aliphatic carbocycles. The number of carbonyl (C=O) groups excluding carboxylic acids is 2. The Hall–Kier alpha value is -2.33. The maximum absolute atomic E-state index is 12.6. The second kappa shape index (κ2) is 7.05.